The van der Waals surface area contributed by atoms with Crippen molar-refractivity contribution in [3.05, 3.63) is 60.2 Å². The second kappa shape index (κ2) is 7.27. The smallest absolute Gasteiger partial charge is 0.306 e. The van der Waals surface area contributed by atoms with Crippen molar-refractivity contribution < 1.29 is 19.4 Å². The number of carbonyl (C=O) groups is 2. The van der Waals surface area contributed by atoms with Crippen molar-refractivity contribution in [2.24, 2.45) is 0 Å². The summed E-state index contributed by atoms with van der Waals surface area (Å²) in [6, 6.07) is 17.2. The predicted octanol–water partition coefficient (Wildman–Crippen LogP) is 2.67. The van der Waals surface area contributed by atoms with Crippen LogP contribution in [0.15, 0.2) is 54.6 Å². The lowest BCUT2D eigenvalue weighted by Gasteiger charge is -2.32. The monoisotopic (exact) mass is 325 g/mol. The molecular formula is C19H19NO4. The molecule has 2 aromatic rings. The standard InChI is InChI=1S/C19H19NO4/c21-18(22)12-15-13-20(10-11-24-15)19(23)17-9-5-4-8-16(17)14-6-2-1-3-7-14/h1-9,15H,10-13H2,(H,21,22)/t15-/m0/s1. The lowest BCUT2D eigenvalue weighted by Crippen LogP contribution is -2.46. The number of hydrogen-bond acceptors (Lipinski definition) is 3. The van der Waals surface area contributed by atoms with E-state index in [4.69, 9.17) is 9.84 Å². The highest BCUT2D eigenvalue weighted by Crippen LogP contribution is 2.25. The zero-order chi connectivity index (χ0) is 16.9. The normalized spacial score (nSPS) is 17.5. The molecule has 1 N–H and O–H groups in total. The van der Waals surface area contributed by atoms with Crippen LogP contribution in [0.25, 0.3) is 11.1 Å². The number of morpholine rings is 1. The Hall–Kier alpha value is -2.66. The topological polar surface area (TPSA) is 66.8 Å². The van der Waals surface area contributed by atoms with Gasteiger partial charge in [-0.2, -0.15) is 0 Å². The summed E-state index contributed by atoms with van der Waals surface area (Å²) in [5, 5.41) is 8.92. The fraction of sp³-hybridized carbons (Fsp3) is 0.263. The van der Waals surface area contributed by atoms with Crippen LogP contribution in [-0.2, 0) is 9.53 Å². The van der Waals surface area contributed by atoms with Crippen molar-refractivity contribution in [1.29, 1.82) is 0 Å². The molecule has 5 heteroatoms. The third-order valence-electron chi connectivity index (χ3n) is 4.07. The van der Waals surface area contributed by atoms with Crippen LogP contribution in [0.3, 0.4) is 0 Å². The van der Waals surface area contributed by atoms with E-state index in [0.717, 1.165) is 11.1 Å². The second-order valence-electron chi connectivity index (χ2n) is 5.75. The Kier molecular flexibility index (Phi) is 4.91. The number of nitrogens with zero attached hydrogens (tertiary/aromatic N) is 1. The molecule has 1 saturated heterocycles. The molecule has 0 bridgehead atoms. The Labute approximate surface area is 140 Å². The van der Waals surface area contributed by atoms with Crippen molar-refractivity contribution >= 4 is 11.9 Å². The van der Waals surface area contributed by atoms with Gasteiger partial charge in [0.25, 0.3) is 5.91 Å². The largest absolute Gasteiger partial charge is 0.481 e. The van der Waals surface area contributed by atoms with Gasteiger partial charge in [-0.05, 0) is 17.2 Å². The fourth-order valence-corrected chi connectivity index (χ4v) is 2.93. The molecular weight excluding hydrogens is 306 g/mol. The van der Waals surface area contributed by atoms with Crippen molar-refractivity contribution in [3.8, 4) is 11.1 Å². The Morgan fingerprint density at radius 1 is 1.08 bits per heavy atom. The number of rotatable bonds is 4. The van der Waals surface area contributed by atoms with Crippen LogP contribution in [0, 0.1) is 0 Å². The third-order valence-corrected chi connectivity index (χ3v) is 4.07. The number of aliphatic carboxylic acids is 1. The molecule has 0 spiro atoms. The van der Waals surface area contributed by atoms with Gasteiger partial charge >= 0.3 is 5.97 Å². The van der Waals surface area contributed by atoms with Crippen LogP contribution in [0.2, 0.25) is 0 Å². The summed E-state index contributed by atoms with van der Waals surface area (Å²) in [7, 11) is 0. The zero-order valence-corrected chi connectivity index (χ0v) is 13.2. The van der Waals surface area contributed by atoms with E-state index in [1.54, 1.807) is 4.90 Å². The molecule has 1 fully saturated rings. The molecule has 124 valence electrons. The van der Waals surface area contributed by atoms with Crippen molar-refractivity contribution in [3.63, 3.8) is 0 Å². The van der Waals surface area contributed by atoms with Gasteiger partial charge in [-0.15, -0.1) is 0 Å². The maximum atomic E-state index is 12.9. The molecule has 24 heavy (non-hydrogen) atoms. The molecule has 3 rings (SSSR count). The summed E-state index contributed by atoms with van der Waals surface area (Å²) in [6.07, 6.45) is -0.548. The zero-order valence-electron chi connectivity index (χ0n) is 13.2. The minimum absolute atomic E-state index is 0.0897. The van der Waals surface area contributed by atoms with Gasteiger partial charge in [-0.25, -0.2) is 0 Å². The Morgan fingerprint density at radius 2 is 1.79 bits per heavy atom. The van der Waals surface area contributed by atoms with Crippen LogP contribution in [-0.4, -0.2) is 47.7 Å². The van der Waals surface area contributed by atoms with Gasteiger partial charge in [0.1, 0.15) is 0 Å². The highest BCUT2D eigenvalue weighted by Gasteiger charge is 2.27. The summed E-state index contributed by atoms with van der Waals surface area (Å²) in [5.41, 5.74) is 2.49. The summed E-state index contributed by atoms with van der Waals surface area (Å²) in [6.45, 7) is 1.13. The molecule has 5 nitrogen and oxygen atoms in total. The van der Waals surface area contributed by atoms with Gasteiger partial charge in [0.05, 0.1) is 19.1 Å². The summed E-state index contributed by atoms with van der Waals surface area (Å²) >= 11 is 0. The van der Waals surface area contributed by atoms with Gasteiger partial charge in [0.2, 0.25) is 0 Å². The number of carbonyl (C=O) groups excluding carboxylic acids is 1. The number of amides is 1. The summed E-state index contributed by atoms with van der Waals surface area (Å²) in [5.74, 6) is -1.01. The van der Waals surface area contributed by atoms with E-state index < -0.39 is 12.1 Å². The Bertz CT molecular complexity index is 729. The maximum absolute atomic E-state index is 12.9. The fourth-order valence-electron chi connectivity index (χ4n) is 2.93. The third kappa shape index (κ3) is 3.63. The molecule has 1 amide bonds. The van der Waals surface area contributed by atoms with Crippen LogP contribution in [0.1, 0.15) is 16.8 Å². The Morgan fingerprint density at radius 3 is 2.54 bits per heavy atom. The van der Waals surface area contributed by atoms with E-state index in [9.17, 15) is 9.59 Å². The van der Waals surface area contributed by atoms with Crippen LogP contribution in [0.4, 0.5) is 0 Å². The van der Waals surface area contributed by atoms with Crippen molar-refractivity contribution in [2.45, 2.75) is 12.5 Å². The number of benzene rings is 2. The molecule has 1 atom stereocenters. The van der Waals surface area contributed by atoms with Crippen LogP contribution < -0.4 is 0 Å². The lowest BCUT2D eigenvalue weighted by atomic mass is 9.98. The van der Waals surface area contributed by atoms with E-state index in [0.29, 0.717) is 25.3 Å². The van der Waals surface area contributed by atoms with E-state index in [1.807, 2.05) is 54.6 Å². The Balaban J connectivity index is 1.84. The van der Waals surface area contributed by atoms with Crippen molar-refractivity contribution in [2.75, 3.05) is 19.7 Å². The molecule has 0 saturated carbocycles. The molecule has 0 aliphatic carbocycles. The van der Waals surface area contributed by atoms with E-state index in [1.165, 1.54) is 0 Å². The summed E-state index contributed by atoms with van der Waals surface area (Å²) < 4.78 is 5.45. The van der Waals surface area contributed by atoms with Gasteiger partial charge in [-0.3, -0.25) is 9.59 Å². The van der Waals surface area contributed by atoms with Crippen molar-refractivity contribution in [1.82, 2.24) is 4.90 Å². The minimum Gasteiger partial charge on any atom is -0.481 e. The van der Waals surface area contributed by atoms with Gasteiger partial charge in [0, 0.05) is 18.7 Å². The maximum Gasteiger partial charge on any atom is 0.306 e. The van der Waals surface area contributed by atoms with Crippen LogP contribution in [0.5, 0.6) is 0 Å². The van der Waals surface area contributed by atoms with Gasteiger partial charge in [-0.1, -0.05) is 48.5 Å². The van der Waals surface area contributed by atoms with E-state index in [-0.39, 0.29) is 12.3 Å². The highest BCUT2D eigenvalue weighted by molar-refractivity contribution is 6.01. The molecule has 1 aliphatic heterocycles. The number of carboxylic acid groups (broad SMARTS) is 1. The molecule has 0 aromatic heterocycles. The number of hydrogen-bond donors (Lipinski definition) is 1. The molecule has 0 unspecified atom stereocenters. The molecule has 0 radical (unpaired) electrons. The van der Waals surface area contributed by atoms with Gasteiger partial charge < -0.3 is 14.7 Å². The second-order valence-corrected chi connectivity index (χ2v) is 5.75. The molecule has 1 heterocycles. The number of carboxylic acids is 1. The average Bonchev–Trinajstić information content (AvgIpc) is 2.61. The lowest BCUT2D eigenvalue weighted by molar-refractivity contribution is -0.141. The van der Waals surface area contributed by atoms with E-state index in [2.05, 4.69) is 0 Å². The first kappa shape index (κ1) is 16.2. The molecule has 1 aliphatic rings. The minimum atomic E-state index is -0.918. The highest BCUT2D eigenvalue weighted by atomic mass is 16.5. The SMILES string of the molecule is O=C(O)C[C@H]1CN(C(=O)c2ccccc2-c2ccccc2)CCO1. The van der Waals surface area contributed by atoms with E-state index >= 15 is 0 Å². The number of ether oxygens (including phenoxy) is 1. The van der Waals surface area contributed by atoms with Crippen LogP contribution >= 0.6 is 0 Å². The quantitative estimate of drug-likeness (QED) is 0.938. The first-order chi connectivity index (χ1) is 11.6. The first-order valence-corrected chi connectivity index (χ1v) is 7.92. The molecule has 2 aromatic carbocycles. The average molecular weight is 325 g/mol. The summed E-state index contributed by atoms with van der Waals surface area (Å²) in [4.78, 5) is 25.5. The predicted molar refractivity (Wildman–Crippen MR) is 89.8 cm³/mol. The first-order valence-electron chi connectivity index (χ1n) is 7.92. The van der Waals surface area contributed by atoms with Gasteiger partial charge in [0.15, 0.2) is 0 Å².